The minimum Gasteiger partial charge on any atom is -0.462 e. The Balaban J connectivity index is 1.16. The fourth-order valence-corrected chi connectivity index (χ4v) is 6.45. The molecule has 2 aromatic heterocycles. The van der Waals surface area contributed by atoms with Crippen molar-refractivity contribution in [3.05, 3.63) is 40.6 Å². The monoisotopic (exact) mass is 498 g/mol. The van der Waals surface area contributed by atoms with Gasteiger partial charge in [-0.05, 0) is 64.5 Å². The van der Waals surface area contributed by atoms with E-state index in [4.69, 9.17) is 14.6 Å². The van der Waals surface area contributed by atoms with Crippen molar-refractivity contribution in [3.63, 3.8) is 0 Å². The van der Waals surface area contributed by atoms with Gasteiger partial charge in [0.05, 0.1) is 28.8 Å². The summed E-state index contributed by atoms with van der Waals surface area (Å²) in [6.07, 6.45) is 11.7. The molecule has 0 spiro atoms. The largest absolute Gasteiger partial charge is 0.462 e. The zero-order chi connectivity index (χ0) is 24.4. The Morgan fingerprint density at radius 2 is 1.94 bits per heavy atom. The molecular weight excluding hydrogens is 464 g/mol. The van der Waals surface area contributed by atoms with Crippen molar-refractivity contribution >= 4 is 33.4 Å². The molecule has 0 unspecified atom stereocenters. The highest BCUT2D eigenvalue weighted by Gasteiger charge is 2.28. The van der Waals surface area contributed by atoms with E-state index in [2.05, 4.69) is 14.9 Å². The molecule has 4 heterocycles. The van der Waals surface area contributed by atoms with Gasteiger partial charge in [-0.2, -0.15) is 5.10 Å². The molecule has 1 aliphatic carbocycles. The number of hydrogen-bond acceptors (Lipinski definition) is 7. The second kappa shape index (κ2) is 10.5. The van der Waals surface area contributed by atoms with Gasteiger partial charge in [0.2, 0.25) is 0 Å². The van der Waals surface area contributed by atoms with Gasteiger partial charge >= 0.3 is 5.97 Å². The first-order valence-electron chi connectivity index (χ1n) is 12.7. The van der Waals surface area contributed by atoms with Crippen LogP contribution in [0, 0.1) is 6.92 Å². The summed E-state index contributed by atoms with van der Waals surface area (Å²) in [6.45, 7) is 6.48. The van der Waals surface area contributed by atoms with Gasteiger partial charge in [0.25, 0.3) is 5.91 Å². The molecule has 1 amide bonds. The molecule has 2 fully saturated rings. The Morgan fingerprint density at radius 3 is 2.63 bits per heavy atom. The van der Waals surface area contributed by atoms with Crippen LogP contribution in [0.5, 0.6) is 0 Å². The summed E-state index contributed by atoms with van der Waals surface area (Å²) in [6, 6.07) is 2.97. The molecule has 5 rings (SSSR count). The molecule has 0 aromatic carbocycles. The number of aryl methyl sites for hydroxylation is 1. The van der Waals surface area contributed by atoms with Crippen LogP contribution < -0.4 is 5.32 Å². The van der Waals surface area contributed by atoms with Crippen LogP contribution >= 0.6 is 11.3 Å². The lowest BCUT2D eigenvalue weighted by molar-refractivity contribution is -0.138. The maximum Gasteiger partial charge on any atom is 0.337 e. The highest BCUT2D eigenvalue weighted by molar-refractivity contribution is 7.20. The normalized spacial score (nSPS) is 23.4. The second-order valence-corrected chi connectivity index (χ2v) is 10.6. The van der Waals surface area contributed by atoms with Crippen molar-refractivity contribution in [1.29, 1.82) is 0 Å². The van der Waals surface area contributed by atoms with Crippen LogP contribution in [0.15, 0.2) is 30.0 Å². The third-order valence-corrected chi connectivity index (χ3v) is 8.43. The Bertz CT molecular complexity index is 1140. The quantitative estimate of drug-likeness (QED) is 0.603. The van der Waals surface area contributed by atoms with Crippen molar-refractivity contribution in [2.45, 2.75) is 70.5 Å². The average Bonchev–Trinajstić information content (AvgIpc) is 3.46. The van der Waals surface area contributed by atoms with E-state index in [1.165, 1.54) is 0 Å². The van der Waals surface area contributed by atoms with Crippen molar-refractivity contribution < 1.29 is 19.1 Å². The molecular formula is C26H34N4O4S. The first kappa shape index (κ1) is 24.1. The van der Waals surface area contributed by atoms with Crippen LogP contribution in [-0.4, -0.2) is 65.0 Å². The van der Waals surface area contributed by atoms with Crippen LogP contribution in [0.25, 0.3) is 10.2 Å². The molecule has 0 atom stereocenters. The van der Waals surface area contributed by atoms with Crippen LogP contribution in [0.1, 0.15) is 66.9 Å². The first-order chi connectivity index (χ1) is 17.0. The number of aromatic nitrogens is 2. The van der Waals surface area contributed by atoms with E-state index < -0.39 is 0 Å². The van der Waals surface area contributed by atoms with E-state index in [9.17, 15) is 9.59 Å². The van der Waals surface area contributed by atoms with Gasteiger partial charge in [0.15, 0.2) is 0 Å². The fourth-order valence-electron chi connectivity index (χ4n) is 5.31. The molecule has 1 N–H and O–H groups in total. The topological polar surface area (TPSA) is 85.7 Å². The highest BCUT2D eigenvalue weighted by Crippen LogP contribution is 2.33. The SMILES string of the molecule is CCOC(=O)C1=CCN(C2CCC(NC(=O)c3cc4c(C)nn(C5CCOCC5)c4s3)CC2)C=C1. The van der Waals surface area contributed by atoms with Crippen LogP contribution in [0.2, 0.25) is 0 Å². The molecule has 2 aromatic rings. The van der Waals surface area contributed by atoms with Gasteiger partial charge in [-0.1, -0.05) is 6.08 Å². The summed E-state index contributed by atoms with van der Waals surface area (Å²) in [5.41, 5.74) is 1.61. The van der Waals surface area contributed by atoms with Crippen molar-refractivity contribution in [2.75, 3.05) is 26.4 Å². The fraction of sp³-hybridized carbons (Fsp3) is 0.577. The summed E-state index contributed by atoms with van der Waals surface area (Å²) >= 11 is 1.55. The lowest BCUT2D eigenvalue weighted by Crippen LogP contribution is -2.42. The van der Waals surface area contributed by atoms with Crippen molar-refractivity contribution in [2.24, 2.45) is 0 Å². The van der Waals surface area contributed by atoms with Crippen LogP contribution in [-0.2, 0) is 14.3 Å². The lowest BCUT2D eigenvalue weighted by Gasteiger charge is -2.37. The summed E-state index contributed by atoms with van der Waals surface area (Å²) in [4.78, 5) is 29.1. The Kier molecular flexibility index (Phi) is 7.24. The van der Waals surface area contributed by atoms with Crippen LogP contribution in [0.3, 0.4) is 0 Å². The molecule has 0 radical (unpaired) electrons. The number of esters is 1. The molecule has 3 aliphatic rings. The van der Waals surface area contributed by atoms with E-state index in [1.54, 1.807) is 11.3 Å². The number of rotatable bonds is 6. The molecule has 2 aliphatic heterocycles. The number of carbonyl (C=O) groups excluding carboxylic acids is 2. The van der Waals surface area contributed by atoms with Gasteiger partial charge in [0, 0.05) is 43.4 Å². The molecule has 1 saturated heterocycles. The molecule has 188 valence electrons. The number of carbonyl (C=O) groups is 2. The minimum atomic E-state index is -0.258. The molecule has 8 nitrogen and oxygen atoms in total. The molecule has 1 saturated carbocycles. The second-order valence-electron chi connectivity index (χ2n) is 9.57. The lowest BCUT2D eigenvalue weighted by atomic mass is 9.89. The summed E-state index contributed by atoms with van der Waals surface area (Å²) in [5, 5.41) is 9.13. The minimum absolute atomic E-state index is 0.0208. The Labute approximate surface area is 209 Å². The third-order valence-electron chi connectivity index (χ3n) is 7.31. The number of ether oxygens (including phenoxy) is 2. The van der Waals surface area contributed by atoms with E-state index in [0.717, 1.165) is 79.1 Å². The Morgan fingerprint density at radius 1 is 1.17 bits per heavy atom. The number of fused-ring (bicyclic) bond motifs is 1. The number of nitrogens with zero attached hydrogens (tertiary/aromatic N) is 3. The smallest absolute Gasteiger partial charge is 0.337 e. The van der Waals surface area contributed by atoms with Gasteiger partial charge in [0.1, 0.15) is 4.83 Å². The van der Waals surface area contributed by atoms with Gasteiger partial charge in [-0.15, -0.1) is 11.3 Å². The van der Waals surface area contributed by atoms with Crippen molar-refractivity contribution in [1.82, 2.24) is 20.0 Å². The van der Waals surface area contributed by atoms with Crippen LogP contribution in [0.4, 0.5) is 0 Å². The maximum atomic E-state index is 13.1. The van der Waals surface area contributed by atoms with E-state index in [1.807, 2.05) is 38.3 Å². The number of thiophene rings is 1. The van der Waals surface area contributed by atoms with Gasteiger partial charge < -0.3 is 19.7 Å². The predicted octanol–water partition coefficient (Wildman–Crippen LogP) is 4.12. The zero-order valence-electron chi connectivity index (χ0n) is 20.5. The van der Waals surface area contributed by atoms with Gasteiger partial charge in [-0.25, -0.2) is 4.79 Å². The summed E-state index contributed by atoms with van der Waals surface area (Å²) < 4.78 is 12.7. The average molecular weight is 499 g/mol. The van der Waals surface area contributed by atoms with E-state index in [-0.39, 0.29) is 17.9 Å². The molecule has 0 bridgehead atoms. The zero-order valence-corrected chi connectivity index (χ0v) is 21.3. The molecule has 35 heavy (non-hydrogen) atoms. The third kappa shape index (κ3) is 5.16. The van der Waals surface area contributed by atoms with Crippen molar-refractivity contribution in [3.8, 4) is 0 Å². The molecule has 9 heteroatoms. The van der Waals surface area contributed by atoms with E-state index in [0.29, 0.717) is 24.3 Å². The maximum absolute atomic E-state index is 13.1. The summed E-state index contributed by atoms with van der Waals surface area (Å²) in [5.74, 6) is -0.237. The number of hydrogen-bond donors (Lipinski definition) is 1. The first-order valence-corrected chi connectivity index (χ1v) is 13.5. The number of nitrogens with one attached hydrogen (secondary N) is 1. The number of amides is 1. The Hall–Kier alpha value is -2.65. The highest BCUT2D eigenvalue weighted by atomic mass is 32.1. The van der Waals surface area contributed by atoms with Gasteiger partial charge in [-0.3, -0.25) is 9.48 Å². The predicted molar refractivity (Wildman–Crippen MR) is 136 cm³/mol. The van der Waals surface area contributed by atoms with E-state index >= 15 is 0 Å². The standard InChI is InChI=1S/C26H34N4O4S/c1-3-34-26(32)18-8-12-29(13-9-18)20-6-4-19(5-7-20)27-24(31)23-16-22-17(2)28-30(25(22)35-23)21-10-14-33-15-11-21/h8-9,12,16,19-21H,3-7,10-11,13-15H2,1-2H3,(H,27,31). The summed E-state index contributed by atoms with van der Waals surface area (Å²) in [7, 11) is 0.